The van der Waals surface area contributed by atoms with Crippen LogP contribution in [0.15, 0.2) is 53.4 Å². The van der Waals surface area contributed by atoms with E-state index >= 15 is 0 Å². The van der Waals surface area contributed by atoms with Crippen LogP contribution in [-0.4, -0.2) is 34.8 Å². The zero-order chi connectivity index (χ0) is 18.3. The predicted molar refractivity (Wildman–Crippen MR) is 95.9 cm³/mol. The van der Waals surface area contributed by atoms with E-state index in [1.165, 1.54) is 12.1 Å². The van der Waals surface area contributed by atoms with Crippen LogP contribution in [0.25, 0.3) is 0 Å². The van der Waals surface area contributed by atoms with Crippen LogP contribution in [0.4, 0.5) is 0 Å². The highest BCUT2D eigenvalue weighted by atomic mass is 32.2. The largest absolute Gasteiger partial charge is 0.497 e. The van der Waals surface area contributed by atoms with E-state index in [4.69, 9.17) is 14.2 Å². The first kappa shape index (κ1) is 19.1. The summed E-state index contributed by atoms with van der Waals surface area (Å²) in [7, 11) is -1.99. The molecule has 6 nitrogen and oxygen atoms in total. The molecule has 0 heterocycles. The molecule has 0 amide bonds. The summed E-state index contributed by atoms with van der Waals surface area (Å²) < 4.78 is 43.0. The Hall–Kier alpha value is -2.25. The van der Waals surface area contributed by atoms with Crippen molar-refractivity contribution in [2.75, 3.05) is 20.3 Å². The zero-order valence-electron chi connectivity index (χ0n) is 14.6. The molecule has 0 fully saturated rings. The summed E-state index contributed by atoms with van der Waals surface area (Å²) in [6, 6.07) is 13.4. The van der Waals surface area contributed by atoms with E-state index < -0.39 is 10.0 Å². The van der Waals surface area contributed by atoms with Gasteiger partial charge < -0.3 is 14.2 Å². The third kappa shape index (κ3) is 5.95. The van der Waals surface area contributed by atoms with Gasteiger partial charge in [0.2, 0.25) is 10.0 Å². The molecule has 0 spiro atoms. The standard InChI is InChI=1S/C18H23NO5S/c1-14(2)24-17-8-10-18(11-9-17)25(20,21)19-12-13-23-16-6-4-15(22-3)5-7-16/h4-11,14,19H,12-13H2,1-3H3. The smallest absolute Gasteiger partial charge is 0.240 e. The highest BCUT2D eigenvalue weighted by Crippen LogP contribution is 2.18. The fourth-order valence-electron chi connectivity index (χ4n) is 2.07. The molecule has 0 aliphatic heterocycles. The van der Waals surface area contributed by atoms with E-state index in [0.717, 1.165) is 5.75 Å². The molecular formula is C18H23NO5S. The van der Waals surface area contributed by atoms with Gasteiger partial charge in [0.05, 0.1) is 18.1 Å². The number of nitrogens with one attached hydrogen (secondary N) is 1. The maximum atomic E-state index is 12.2. The van der Waals surface area contributed by atoms with Gasteiger partial charge in [-0.25, -0.2) is 13.1 Å². The maximum absolute atomic E-state index is 12.2. The van der Waals surface area contributed by atoms with Crippen LogP contribution in [0.2, 0.25) is 0 Å². The summed E-state index contributed by atoms with van der Waals surface area (Å²) in [4.78, 5) is 0.188. The molecule has 0 atom stereocenters. The van der Waals surface area contributed by atoms with Gasteiger partial charge in [-0.1, -0.05) is 0 Å². The van der Waals surface area contributed by atoms with Crippen LogP contribution >= 0.6 is 0 Å². The van der Waals surface area contributed by atoms with Crippen molar-refractivity contribution in [1.82, 2.24) is 4.72 Å². The van der Waals surface area contributed by atoms with Crippen LogP contribution in [0.3, 0.4) is 0 Å². The first-order valence-electron chi connectivity index (χ1n) is 7.94. The minimum absolute atomic E-state index is 0.0377. The van der Waals surface area contributed by atoms with Crippen LogP contribution in [0.1, 0.15) is 13.8 Å². The lowest BCUT2D eigenvalue weighted by molar-refractivity contribution is 0.242. The molecule has 0 bridgehead atoms. The summed E-state index contributed by atoms with van der Waals surface area (Å²) in [6.45, 7) is 4.21. The molecular weight excluding hydrogens is 342 g/mol. The Labute approximate surface area is 148 Å². The van der Waals surface area contributed by atoms with Crippen molar-refractivity contribution in [3.05, 3.63) is 48.5 Å². The Morgan fingerprint density at radius 2 is 1.48 bits per heavy atom. The Bertz CT molecular complexity index is 755. The summed E-state index contributed by atoms with van der Waals surface area (Å²) in [5, 5.41) is 0. The molecule has 136 valence electrons. The van der Waals surface area contributed by atoms with Crippen molar-refractivity contribution in [1.29, 1.82) is 0 Å². The Kier molecular flexibility index (Phi) is 6.66. The first-order valence-corrected chi connectivity index (χ1v) is 9.42. The molecule has 1 N–H and O–H groups in total. The number of hydrogen-bond acceptors (Lipinski definition) is 5. The van der Waals surface area contributed by atoms with Gasteiger partial charge in [-0.15, -0.1) is 0 Å². The molecule has 0 aromatic heterocycles. The van der Waals surface area contributed by atoms with Gasteiger partial charge in [0.1, 0.15) is 23.9 Å². The summed E-state index contributed by atoms with van der Waals surface area (Å²) >= 11 is 0. The quantitative estimate of drug-likeness (QED) is 0.692. The fraction of sp³-hybridized carbons (Fsp3) is 0.333. The molecule has 25 heavy (non-hydrogen) atoms. The lowest BCUT2D eigenvalue weighted by atomic mass is 10.3. The third-order valence-corrected chi connectivity index (χ3v) is 4.71. The van der Waals surface area contributed by atoms with Gasteiger partial charge in [-0.2, -0.15) is 0 Å². The third-order valence-electron chi connectivity index (χ3n) is 3.23. The zero-order valence-corrected chi connectivity index (χ0v) is 15.4. The number of rotatable bonds is 9. The van der Waals surface area contributed by atoms with Gasteiger partial charge in [0.15, 0.2) is 0 Å². The molecule has 0 unspecified atom stereocenters. The second-order valence-corrected chi connectivity index (χ2v) is 7.33. The van der Waals surface area contributed by atoms with Gasteiger partial charge >= 0.3 is 0 Å². The normalized spacial score (nSPS) is 11.4. The minimum atomic E-state index is -3.58. The second kappa shape index (κ2) is 8.73. The number of sulfonamides is 1. The highest BCUT2D eigenvalue weighted by molar-refractivity contribution is 7.89. The van der Waals surface area contributed by atoms with Crippen molar-refractivity contribution >= 4 is 10.0 Å². The first-order chi connectivity index (χ1) is 11.9. The molecule has 2 aromatic rings. The number of methoxy groups -OCH3 is 1. The number of ether oxygens (including phenoxy) is 3. The molecule has 0 aliphatic carbocycles. The van der Waals surface area contributed by atoms with Crippen molar-refractivity contribution in [2.45, 2.75) is 24.8 Å². The van der Waals surface area contributed by atoms with E-state index in [0.29, 0.717) is 11.5 Å². The molecule has 0 saturated carbocycles. The maximum Gasteiger partial charge on any atom is 0.240 e. The van der Waals surface area contributed by atoms with E-state index in [1.54, 1.807) is 43.5 Å². The van der Waals surface area contributed by atoms with Crippen LogP contribution in [0.5, 0.6) is 17.2 Å². The summed E-state index contributed by atoms with van der Waals surface area (Å²) in [6.07, 6.45) is 0.0377. The SMILES string of the molecule is COc1ccc(OCCNS(=O)(=O)c2ccc(OC(C)C)cc2)cc1. The van der Waals surface area contributed by atoms with Crippen molar-refractivity contribution < 1.29 is 22.6 Å². The average Bonchev–Trinajstić information content (AvgIpc) is 2.59. The minimum Gasteiger partial charge on any atom is -0.497 e. The monoisotopic (exact) mass is 365 g/mol. The van der Waals surface area contributed by atoms with Gasteiger partial charge in [0.25, 0.3) is 0 Å². The Morgan fingerprint density at radius 3 is 2.04 bits per heavy atom. The second-order valence-electron chi connectivity index (χ2n) is 5.56. The van der Waals surface area contributed by atoms with Crippen LogP contribution in [0, 0.1) is 0 Å². The number of hydrogen-bond donors (Lipinski definition) is 1. The molecule has 2 rings (SSSR count). The Morgan fingerprint density at radius 1 is 0.920 bits per heavy atom. The van der Waals surface area contributed by atoms with Crippen molar-refractivity contribution in [3.63, 3.8) is 0 Å². The molecule has 0 aliphatic rings. The van der Waals surface area contributed by atoms with E-state index in [2.05, 4.69) is 4.72 Å². The van der Waals surface area contributed by atoms with Gasteiger partial charge in [0, 0.05) is 6.54 Å². The average molecular weight is 365 g/mol. The Balaban J connectivity index is 1.84. The van der Waals surface area contributed by atoms with Gasteiger partial charge in [-0.05, 0) is 62.4 Å². The predicted octanol–water partition coefficient (Wildman–Crippen LogP) is 2.84. The van der Waals surface area contributed by atoms with Crippen LogP contribution < -0.4 is 18.9 Å². The highest BCUT2D eigenvalue weighted by Gasteiger charge is 2.13. The summed E-state index contributed by atoms with van der Waals surface area (Å²) in [5.74, 6) is 2.02. The molecule has 2 aromatic carbocycles. The molecule has 0 radical (unpaired) electrons. The van der Waals surface area contributed by atoms with Crippen molar-refractivity contribution in [2.24, 2.45) is 0 Å². The van der Waals surface area contributed by atoms with E-state index in [-0.39, 0.29) is 24.2 Å². The molecule has 0 saturated heterocycles. The number of benzene rings is 2. The molecule has 7 heteroatoms. The lowest BCUT2D eigenvalue weighted by Gasteiger charge is -2.11. The van der Waals surface area contributed by atoms with Gasteiger partial charge in [-0.3, -0.25) is 0 Å². The summed E-state index contributed by atoms with van der Waals surface area (Å²) in [5.41, 5.74) is 0. The lowest BCUT2D eigenvalue weighted by Crippen LogP contribution is -2.28. The van der Waals surface area contributed by atoms with E-state index in [9.17, 15) is 8.42 Å². The topological polar surface area (TPSA) is 73.9 Å². The van der Waals surface area contributed by atoms with Crippen molar-refractivity contribution in [3.8, 4) is 17.2 Å². The fourth-order valence-corrected chi connectivity index (χ4v) is 3.08. The van der Waals surface area contributed by atoms with Crippen LogP contribution in [-0.2, 0) is 10.0 Å². The van der Waals surface area contributed by atoms with E-state index in [1.807, 2.05) is 13.8 Å².